The maximum absolute atomic E-state index is 13.3. The van der Waals surface area contributed by atoms with E-state index in [4.69, 9.17) is 5.26 Å². The van der Waals surface area contributed by atoms with Crippen LogP contribution in [0.25, 0.3) is 0 Å². The zero-order valence-electron chi connectivity index (χ0n) is 9.79. The third-order valence-electron chi connectivity index (χ3n) is 2.62. The molecule has 0 heterocycles. The predicted octanol–water partition coefficient (Wildman–Crippen LogP) is 3.87. The summed E-state index contributed by atoms with van der Waals surface area (Å²) in [6, 6.07) is 8.16. The van der Waals surface area contributed by atoms with Crippen LogP contribution in [-0.4, -0.2) is 5.78 Å². The van der Waals surface area contributed by atoms with Crippen LogP contribution in [0, 0.1) is 17.1 Å². The second-order valence-electron chi connectivity index (χ2n) is 3.98. The zero-order chi connectivity index (χ0) is 12.5. The van der Waals surface area contributed by atoms with Gasteiger partial charge in [-0.1, -0.05) is 25.0 Å². The average Bonchev–Trinajstić information content (AvgIpc) is 2.34. The van der Waals surface area contributed by atoms with Crippen LogP contribution in [0.5, 0.6) is 0 Å². The minimum Gasteiger partial charge on any atom is -0.294 e. The Bertz CT molecular complexity index is 409. The minimum atomic E-state index is -0.443. The third kappa shape index (κ3) is 4.78. The molecule has 90 valence electrons. The summed E-state index contributed by atoms with van der Waals surface area (Å²) < 4.78 is 13.3. The molecule has 0 aliphatic carbocycles. The highest BCUT2D eigenvalue weighted by Gasteiger charge is 2.09. The van der Waals surface area contributed by atoms with Gasteiger partial charge < -0.3 is 0 Å². The SMILES string of the molecule is N#CCCCCCCC(=O)c1ccccc1F. The lowest BCUT2D eigenvalue weighted by molar-refractivity contribution is 0.0975. The van der Waals surface area contributed by atoms with Gasteiger partial charge >= 0.3 is 0 Å². The molecule has 0 aliphatic heterocycles. The van der Waals surface area contributed by atoms with Gasteiger partial charge in [0.15, 0.2) is 5.78 Å². The summed E-state index contributed by atoms with van der Waals surface area (Å²) in [5.41, 5.74) is 0.185. The lowest BCUT2D eigenvalue weighted by Crippen LogP contribution is -2.01. The van der Waals surface area contributed by atoms with Crippen molar-refractivity contribution in [2.45, 2.75) is 38.5 Å². The van der Waals surface area contributed by atoms with E-state index in [0.29, 0.717) is 12.8 Å². The maximum Gasteiger partial charge on any atom is 0.165 e. The molecule has 0 atom stereocenters. The van der Waals surface area contributed by atoms with Gasteiger partial charge in [-0.3, -0.25) is 4.79 Å². The lowest BCUT2D eigenvalue weighted by atomic mass is 10.0. The number of nitrogens with zero attached hydrogens (tertiary/aromatic N) is 1. The summed E-state index contributed by atoms with van der Waals surface area (Å²) in [5, 5.41) is 8.34. The summed E-state index contributed by atoms with van der Waals surface area (Å²) >= 11 is 0. The van der Waals surface area contributed by atoms with Gasteiger partial charge in [0, 0.05) is 12.8 Å². The summed E-state index contributed by atoms with van der Waals surface area (Å²) in [5.74, 6) is -0.578. The molecule has 0 saturated carbocycles. The fourth-order valence-corrected chi connectivity index (χ4v) is 1.67. The molecule has 2 nitrogen and oxygen atoms in total. The zero-order valence-corrected chi connectivity index (χ0v) is 9.79. The number of rotatable bonds is 7. The standard InChI is InChI=1S/C14H16FNO/c15-13-9-6-5-8-12(13)14(17)10-4-2-1-3-7-11-16/h5-6,8-9H,1-4,7,10H2. The topological polar surface area (TPSA) is 40.9 Å². The van der Waals surface area contributed by atoms with Crippen molar-refractivity contribution < 1.29 is 9.18 Å². The van der Waals surface area contributed by atoms with Crippen LogP contribution in [0.3, 0.4) is 0 Å². The summed E-state index contributed by atoms with van der Waals surface area (Å²) in [6.07, 6.45) is 4.47. The van der Waals surface area contributed by atoms with E-state index < -0.39 is 5.82 Å². The number of carbonyl (C=O) groups is 1. The van der Waals surface area contributed by atoms with Crippen LogP contribution < -0.4 is 0 Å². The second-order valence-corrected chi connectivity index (χ2v) is 3.98. The first-order valence-electron chi connectivity index (χ1n) is 5.90. The van der Waals surface area contributed by atoms with E-state index in [9.17, 15) is 9.18 Å². The number of unbranched alkanes of at least 4 members (excludes halogenated alkanes) is 4. The van der Waals surface area contributed by atoms with E-state index in [-0.39, 0.29) is 11.3 Å². The fourth-order valence-electron chi connectivity index (χ4n) is 1.67. The molecular weight excluding hydrogens is 217 g/mol. The van der Waals surface area contributed by atoms with Gasteiger partial charge in [0.05, 0.1) is 11.6 Å². The molecule has 0 amide bonds. The molecule has 0 unspecified atom stereocenters. The largest absolute Gasteiger partial charge is 0.294 e. The molecule has 0 aromatic heterocycles. The number of nitriles is 1. The van der Waals surface area contributed by atoms with Gasteiger partial charge in [0.1, 0.15) is 5.82 Å². The van der Waals surface area contributed by atoms with Gasteiger partial charge in [-0.2, -0.15) is 5.26 Å². The van der Waals surface area contributed by atoms with E-state index in [2.05, 4.69) is 6.07 Å². The van der Waals surface area contributed by atoms with E-state index in [0.717, 1.165) is 25.7 Å². The van der Waals surface area contributed by atoms with Crippen LogP contribution in [0.15, 0.2) is 24.3 Å². The van der Waals surface area contributed by atoms with E-state index in [1.165, 1.54) is 12.1 Å². The van der Waals surface area contributed by atoms with Gasteiger partial charge in [0.2, 0.25) is 0 Å². The normalized spacial score (nSPS) is 9.88. The summed E-state index contributed by atoms with van der Waals surface area (Å²) in [6.45, 7) is 0. The Morgan fingerprint density at radius 1 is 1.18 bits per heavy atom. The Morgan fingerprint density at radius 3 is 2.59 bits per heavy atom. The van der Waals surface area contributed by atoms with Crippen molar-refractivity contribution in [1.29, 1.82) is 5.26 Å². The first kappa shape index (κ1) is 13.4. The van der Waals surface area contributed by atoms with Crippen LogP contribution in [-0.2, 0) is 0 Å². The molecule has 0 spiro atoms. The van der Waals surface area contributed by atoms with Gasteiger partial charge in [0.25, 0.3) is 0 Å². The van der Waals surface area contributed by atoms with Gasteiger partial charge in [-0.15, -0.1) is 0 Å². The smallest absolute Gasteiger partial charge is 0.165 e. The van der Waals surface area contributed by atoms with Crippen molar-refractivity contribution in [1.82, 2.24) is 0 Å². The van der Waals surface area contributed by atoms with Crippen LogP contribution >= 0.6 is 0 Å². The number of hydrogen-bond acceptors (Lipinski definition) is 2. The van der Waals surface area contributed by atoms with Crippen molar-refractivity contribution in [2.24, 2.45) is 0 Å². The Kier molecular flexibility index (Phi) is 5.95. The molecule has 0 bridgehead atoms. The van der Waals surface area contributed by atoms with Crippen molar-refractivity contribution in [3.05, 3.63) is 35.6 Å². The molecular formula is C14H16FNO. The van der Waals surface area contributed by atoms with E-state index >= 15 is 0 Å². The number of carbonyl (C=O) groups excluding carboxylic acids is 1. The molecule has 3 heteroatoms. The average molecular weight is 233 g/mol. The van der Waals surface area contributed by atoms with Gasteiger partial charge in [-0.25, -0.2) is 4.39 Å². The monoisotopic (exact) mass is 233 g/mol. The molecule has 0 radical (unpaired) electrons. The molecule has 0 fully saturated rings. The molecule has 1 rings (SSSR count). The molecule has 1 aromatic rings. The highest BCUT2D eigenvalue weighted by Crippen LogP contribution is 2.12. The first-order valence-corrected chi connectivity index (χ1v) is 5.90. The third-order valence-corrected chi connectivity index (χ3v) is 2.62. The number of ketones is 1. The van der Waals surface area contributed by atoms with E-state index in [1.54, 1.807) is 12.1 Å². The van der Waals surface area contributed by atoms with Crippen LogP contribution in [0.4, 0.5) is 4.39 Å². The number of Topliss-reactive ketones (excluding diaryl/α,β-unsaturated/α-hetero) is 1. The molecule has 0 N–H and O–H groups in total. The molecule has 0 aliphatic rings. The predicted molar refractivity (Wildman–Crippen MR) is 64.0 cm³/mol. The summed E-state index contributed by atoms with van der Waals surface area (Å²) in [4.78, 5) is 11.7. The van der Waals surface area contributed by atoms with Crippen molar-refractivity contribution in [2.75, 3.05) is 0 Å². The van der Waals surface area contributed by atoms with Crippen LogP contribution in [0.2, 0.25) is 0 Å². The highest BCUT2D eigenvalue weighted by molar-refractivity contribution is 5.96. The fraction of sp³-hybridized carbons (Fsp3) is 0.429. The van der Waals surface area contributed by atoms with Gasteiger partial charge in [-0.05, 0) is 25.0 Å². The Hall–Kier alpha value is -1.69. The molecule has 1 aromatic carbocycles. The minimum absolute atomic E-state index is 0.136. The highest BCUT2D eigenvalue weighted by atomic mass is 19.1. The first-order chi connectivity index (χ1) is 8.25. The van der Waals surface area contributed by atoms with Crippen molar-refractivity contribution >= 4 is 5.78 Å². The van der Waals surface area contributed by atoms with E-state index in [1.807, 2.05) is 0 Å². The quantitative estimate of drug-likeness (QED) is 0.529. The van der Waals surface area contributed by atoms with Crippen molar-refractivity contribution in [3.8, 4) is 6.07 Å². The molecule has 17 heavy (non-hydrogen) atoms. The Labute approximate surface area is 101 Å². The summed E-state index contributed by atoms with van der Waals surface area (Å²) in [7, 11) is 0. The number of benzene rings is 1. The molecule has 0 saturated heterocycles. The maximum atomic E-state index is 13.3. The number of hydrogen-bond donors (Lipinski definition) is 0. The Morgan fingerprint density at radius 2 is 1.88 bits per heavy atom. The van der Waals surface area contributed by atoms with Crippen molar-refractivity contribution in [3.63, 3.8) is 0 Å². The second kappa shape index (κ2) is 7.56. The number of halogens is 1. The lowest BCUT2D eigenvalue weighted by Gasteiger charge is -2.02. The van der Waals surface area contributed by atoms with Crippen LogP contribution in [0.1, 0.15) is 48.9 Å². The Balaban J connectivity index is 2.27.